The van der Waals surface area contributed by atoms with E-state index in [1.54, 1.807) is 12.3 Å². The minimum atomic E-state index is -0.406. The fourth-order valence-electron chi connectivity index (χ4n) is 2.70. The highest BCUT2D eigenvalue weighted by molar-refractivity contribution is 5.99. The third-order valence-electron chi connectivity index (χ3n) is 4.03. The number of hydrogen-bond acceptors (Lipinski definition) is 4. The molecule has 0 amide bonds. The van der Waals surface area contributed by atoms with Crippen molar-refractivity contribution in [3.05, 3.63) is 64.2 Å². The van der Waals surface area contributed by atoms with Gasteiger partial charge >= 0.3 is 5.63 Å². The molecule has 25 heavy (non-hydrogen) atoms. The van der Waals surface area contributed by atoms with Gasteiger partial charge in [0.15, 0.2) is 11.2 Å². The van der Waals surface area contributed by atoms with Crippen LogP contribution in [0.25, 0.3) is 21.9 Å². The molecular formula is C21H22O4. The first-order valence-electron chi connectivity index (χ1n) is 8.40. The maximum atomic E-state index is 11.6. The van der Waals surface area contributed by atoms with Crippen LogP contribution in [0.1, 0.15) is 33.6 Å². The summed E-state index contributed by atoms with van der Waals surface area (Å²) in [5, 5.41) is 1.73. The Labute approximate surface area is 146 Å². The molecule has 0 fully saturated rings. The van der Waals surface area contributed by atoms with Crippen LogP contribution in [-0.2, 0) is 0 Å². The summed E-state index contributed by atoms with van der Waals surface area (Å²) >= 11 is 0. The van der Waals surface area contributed by atoms with Gasteiger partial charge in [0, 0.05) is 16.8 Å². The fourth-order valence-corrected chi connectivity index (χ4v) is 2.70. The van der Waals surface area contributed by atoms with E-state index in [1.165, 1.54) is 17.2 Å². The maximum absolute atomic E-state index is 11.6. The number of hydrogen-bond donors (Lipinski definition) is 0. The molecule has 1 aromatic carbocycles. The zero-order valence-corrected chi connectivity index (χ0v) is 14.8. The van der Waals surface area contributed by atoms with Crippen LogP contribution in [0.2, 0.25) is 0 Å². The van der Waals surface area contributed by atoms with Crippen LogP contribution in [0.3, 0.4) is 0 Å². The average molecular weight is 338 g/mol. The van der Waals surface area contributed by atoms with Gasteiger partial charge in [0.25, 0.3) is 0 Å². The molecular weight excluding hydrogens is 316 g/mol. The lowest BCUT2D eigenvalue weighted by molar-refractivity contribution is 0.355. The minimum absolute atomic E-state index is 0.397. The Balaban J connectivity index is 1.84. The highest BCUT2D eigenvalue weighted by atomic mass is 16.5. The first-order chi connectivity index (χ1) is 12.0. The molecule has 0 saturated heterocycles. The Morgan fingerprint density at radius 1 is 1.08 bits per heavy atom. The zero-order chi connectivity index (χ0) is 17.8. The van der Waals surface area contributed by atoms with Crippen molar-refractivity contribution in [1.82, 2.24) is 0 Å². The fraction of sp³-hybridized carbons (Fsp3) is 0.286. The Kier molecular flexibility index (Phi) is 5.08. The molecule has 4 heteroatoms. The number of benzene rings is 1. The largest absolute Gasteiger partial charge is 0.482 e. The summed E-state index contributed by atoms with van der Waals surface area (Å²) in [7, 11) is 0. The van der Waals surface area contributed by atoms with Crippen molar-refractivity contribution < 1.29 is 13.6 Å². The molecule has 0 radical (unpaired) electrons. The second-order valence-corrected chi connectivity index (χ2v) is 6.40. The van der Waals surface area contributed by atoms with Crippen molar-refractivity contribution in [2.24, 2.45) is 0 Å². The third-order valence-corrected chi connectivity index (χ3v) is 4.03. The van der Waals surface area contributed by atoms with Gasteiger partial charge in [-0.1, -0.05) is 17.2 Å². The monoisotopic (exact) mass is 338 g/mol. The van der Waals surface area contributed by atoms with Crippen LogP contribution in [0.5, 0.6) is 5.75 Å². The smallest absolute Gasteiger partial charge is 0.336 e. The molecule has 130 valence electrons. The second-order valence-electron chi connectivity index (χ2n) is 6.40. The molecule has 0 N–H and O–H groups in total. The van der Waals surface area contributed by atoms with Gasteiger partial charge in [0.1, 0.15) is 6.61 Å². The van der Waals surface area contributed by atoms with E-state index in [9.17, 15) is 4.79 Å². The first kappa shape index (κ1) is 17.1. The normalized spacial score (nSPS) is 11.9. The Morgan fingerprint density at radius 3 is 2.68 bits per heavy atom. The van der Waals surface area contributed by atoms with Gasteiger partial charge < -0.3 is 13.6 Å². The number of rotatable bonds is 6. The van der Waals surface area contributed by atoms with Crippen molar-refractivity contribution >= 4 is 21.9 Å². The molecule has 2 heterocycles. The quantitative estimate of drug-likeness (QED) is 0.433. The molecule has 0 unspecified atom stereocenters. The lowest BCUT2D eigenvalue weighted by Crippen LogP contribution is -1.99. The van der Waals surface area contributed by atoms with Crippen molar-refractivity contribution in [2.45, 2.75) is 33.6 Å². The summed E-state index contributed by atoms with van der Waals surface area (Å²) < 4.78 is 16.8. The number of furan rings is 1. The van der Waals surface area contributed by atoms with E-state index in [1.807, 2.05) is 18.2 Å². The molecule has 4 nitrogen and oxygen atoms in total. The number of ether oxygens (including phenoxy) is 1. The van der Waals surface area contributed by atoms with Gasteiger partial charge in [-0.3, -0.25) is 0 Å². The van der Waals surface area contributed by atoms with Crippen LogP contribution in [-0.4, -0.2) is 6.61 Å². The standard InChI is InChI=1S/C21H22O4/c1-14(2)5-4-6-15(3)9-11-24-21-19-17(10-12-23-19)13-16-7-8-18(22)25-20(16)21/h5,7-10,12-13H,4,6,11H2,1-3H3/b15-9-. The Hall–Kier alpha value is -2.75. The predicted octanol–water partition coefficient (Wildman–Crippen LogP) is 5.61. The van der Waals surface area contributed by atoms with Crippen LogP contribution in [0, 0.1) is 0 Å². The van der Waals surface area contributed by atoms with E-state index < -0.39 is 5.63 Å². The van der Waals surface area contributed by atoms with Gasteiger partial charge in [0.05, 0.1) is 6.26 Å². The average Bonchev–Trinajstić information content (AvgIpc) is 3.02. The van der Waals surface area contributed by atoms with Gasteiger partial charge in [-0.05, 0) is 57.9 Å². The van der Waals surface area contributed by atoms with Crippen molar-refractivity contribution in [1.29, 1.82) is 0 Å². The van der Waals surface area contributed by atoms with E-state index in [0.717, 1.165) is 23.6 Å². The zero-order valence-electron chi connectivity index (χ0n) is 14.8. The predicted molar refractivity (Wildman–Crippen MR) is 100 cm³/mol. The van der Waals surface area contributed by atoms with E-state index in [2.05, 4.69) is 26.8 Å². The van der Waals surface area contributed by atoms with Gasteiger partial charge in [-0.25, -0.2) is 4.79 Å². The van der Waals surface area contributed by atoms with Crippen molar-refractivity contribution in [3.8, 4) is 5.75 Å². The molecule has 0 bridgehead atoms. The van der Waals surface area contributed by atoms with Gasteiger partial charge in [-0.2, -0.15) is 0 Å². The van der Waals surface area contributed by atoms with Gasteiger partial charge in [-0.15, -0.1) is 0 Å². The van der Waals surface area contributed by atoms with Crippen molar-refractivity contribution in [2.75, 3.05) is 6.61 Å². The van der Waals surface area contributed by atoms with Crippen LogP contribution in [0.4, 0.5) is 0 Å². The summed E-state index contributed by atoms with van der Waals surface area (Å²) in [6.45, 7) is 6.69. The lowest BCUT2D eigenvalue weighted by Gasteiger charge is -2.08. The lowest BCUT2D eigenvalue weighted by atomic mass is 10.1. The third kappa shape index (κ3) is 4.02. The summed E-state index contributed by atoms with van der Waals surface area (Å²) in [5.41, 5.74) is 3.20. The van der Waals surface area contributed by atoms with Crippen LogP contribution < -0.4 is 10.4 Å². The SMILES string of the molecule is CC(C)=CCC/C(C)=C\COc1c2occc2cc2ccc(=O)oc12. The van der Waals surface area contributed by atoms with Crippen LogP contribution in [0.15, 0.2) is 67.5 Å². The minimum Gasteiger partial charge on any atom is -0.482 e. The van der Waals surface area contributed by atoms with E-state index in [0.29, 0.717) is 23.5 Å². The molecule has 0 aliphatic rings. The molecule has 3 aromatic rings. The van der Waals surface area contributed by atoms with E-state index in [-0.39, 0.29) is 0 Å². The maximum Gasteiger partial charge on any atom is 0.336 e. The number of fused-ring (bicyclic) bond motifs is 2. The highest BCUT2D eigenvalue weighted by Crippen LogP contribution is 2.34. The van der Waals surface area contributed by atoms with Crippen LogP contribution >= 0.6 is 0 Å². The molecule has 3 rings (SSSR count). The molecule has 2 aromatic heterocycles. The summed E-state index contributed by atoms with van der Waals surface area (Å²) in [4.78, 5) is 11.6. The topological polar surface area (TPSA) is 52.6 Å². The molecule has 0 saturated carbocycles. The summed E-state index contributed by atoms with van der Waals surface area (Å²) in [6.07, 6.45) is 7.90. The second kappa shape index (κ2) is 7.43. The molecule has 0 aliphatic carbocycles. The number of allylic oxidation sites excluding steroid dienone is 3. The van der Waals surface area contributed by atoms with Crippen molar-refractivity contribution in [3.63, 3.8) is 0 Å². The van der Waals surface area contributed by atoms with Gasteiger partial charge in [0.2, 0.25) is 5.75 Å². The Morgan fingerprint density at radius 2 is 1.88 bits per heavy atom. The molecule has 0 spiro atoms. The molecule has 0 atom stereocenters. The Bertz CT molecular complexity index is 998. The summed E-state index contributed by atoms with van der Waals surface area (Å²) in [5.74, 6) is 0.476. The first-order valence-corrected chi connectivity index (χ1v) is 8.40. The molecule has 0 aliphatic heterocycles. The summed E-state index contributed by atoms with van der Waals surface area (Å²) in [6, 6.07) is 6.93. The van der Waals surface area contributed by atoms with E-state index >= 15 is 0 Å². The highest BCUT2D eigenvalue weighted by Gasteiger charge is 2.14. The van der Waals surface area contributed by atoms with E-state index in [4.69, 9.17) is 13.6 Å².